The summed E-state index contributed by atoms with van der Waals surface area (Å²) in [5, 5.41) is 0.593. The Hall–Kier alpha value is -2.17. The number of rotatable bonds is 10. The molecule has 1 aromatic carbocycles. The van der Waals surface area contributed by atoms with Gasteiger partial charge in [-0.15, -0.1) is 0 Å². The van der Waals surface area contributed by atoms with Crippen molar-refractivity contribution in [2.75, 3.05) is 25.3 Å². The second-order valence-electron chi connectivity index (χ2n) is 6.10. The molecule has 0 saturated carbocycles. The first-order chi connectivity index (χ1) is 13.9. The monoisotopic (exact) mass is 439 g/mol. The second kappa shape index (κ2) is 9.55. The van der Waals surface area contributed by atoms with Crippen molar-refractivity contribution in [3.63, 3.8) is 0 Å². The lowest BCUT2D eigenvalue weighted by atomic mass is 10.3. The maximum atomic E-state index is 10.9. The van der Waals surface area contributed by atoms with Crippen LogP contribution >= 0.6 is 19.4 Å². The zero-order chi connectivity index (χ0) is 20.9. The third-order valence-electron chi connectivity index (χ3n) is 3.70. The second-order valence-corrected chi connectivity index (χ2v) is 8.71. The Morgan fingerprint density at radius 3 is 2.79 bits per heavy atom. The number of hydrogen-bond donors (Lipinski definition) is 3. The number of aromatic nitrogens is 4. The van der Waals surface area contributed by atoms with E-state index in [1.165, 1.54) is 11.8 Å². The molecular formula is C17H22N5O5PS. The molecule has 0 spiro atoms. The molecule has 4 N–H and O–H groups in total. The molecule has 0 saturated heterocycles. The largest absolute Gasteiger partial charge is 0.492 e. The van der Waals surface area contributed by atoms with E-state index < -0.39 is 13.9 Å². The van der Waals surface area contributed by atoms with E-state index in [0.717, 1.165) is 17.1 Å². The molecule has 0 amide bonds. The highest BCUT2D eigenvalue weighted by Crippen LogP contribution is 2.37. The van der Waals surface area contributed by atoms with Crippen LogP contribution in [-0.2, 0) is 15.8 Å². The van der Waals surface area contributed by atoms with E-state index in [4.69, 9.17) is 25.0 Å². The number of fused-ring (bicyclic) bond motifs is 1. The zero-order valence-electron chi connectivity index (χ0n) is 15.8. The molecule has 0 aliphatic carbocycles. The summed E-state index contributed by atoms with van der Waals surface area (Å²) in [5.74, 6) is 0.861. The zero-order valence-corrected chi connectivity index (χ0v) is 17.5. The van der Waals surface area contributed by atoms with Gasteiger partial charge in [-0.1, -0.05) is 30.8 Å². The lowest BCUT2D eigenvalue weighted by molar-refractivity contribution is 0.149. The minimum absolute atomic E-state index is 0.0939. The smallest absolute Gasteiger partial charge is 0.350 e. The van der Waals surface area contributed by atoms with Crippen molar-refractivity contribution in [1.29, 1.82) is 0 Å². The molecule has 2 heterocycles. The van der Waals surface area contributed by atoms with Crippen LogP contribution in [0.15, 0.2) is 40.5 Å². The molecule has 0 unspecified atom stereocenters. The molecule has 0 bridgehead atoms. The van der Waals surface area contributed by atoms with E-state index >= 15 is 0 Å². The van der Waals surface area contributed by atoms with Crippen LogP contribution in [0.2, 0.25) is 0 Å². The Morgan fingerprint density at radius 1 is 1.24 bits per heavy atom. The fraction of sp³-hybridized carbons (Fsp3) is 0.353. The Bertz CT molecular complexity index is 1020. The van der Waals surface area contributed by atoms with Crippen LogP contribution in [0.4, 0.5) is 5.95 Å². The summed E-state index contributed by atoms with van der Waals surface area (Å²) in [6, 6.07) is 7.66. The first-order valence-corrected chi connectivity index (χ1v) is 11.5. The number of nitrogens with zero attached hydrogens (tertiary/aromatic N) is 4. The van der Waals surface area contributed by atoms with Gasteiger partial charge in [-0.3, -0.25) is 4.57 Å². The lowest BCUT2D eigenvalue weighted by Gasteiger charge is -2.10. The minimum Gasteiger partial charge on any atom is -0.492 e. The SMILES string of the molecule is CCCOc1ccccc1Sc1nc(N)nc2c1ncn2CCOCP(=O)(O)O. The lowest BCUT2D eigenvalue weighted by Crippen LogP contribution is -2.08. The van der Waals surface area contributed by atoms with Crippen LogP contribution in [0.1, 0.15) is 13.3 Å². The van der Waals surface area contributed by atoms with Crippen molar-refractivity contribution in [2.24, 2.45) is 0 Å². The fourth-order valence-electron chi connectivity index (χ4n) is 2.49. The number of nitrogen functional groups attached to an aromatic ring is 1. The van der Waals surface area contributed by atoms with E-state index in [1.54, 1.807) is 10.9 Å². The number of imidazole rings is 1. The van der Waals surface area contributed by atoms with Gasteiger partial charge in [0.15, 0.2) is 5.65 Å². The van der Waals surface area contributed by atoms with Crippen LogP contribution in [0.5, 0.6) is 5.75 Å². The molecule has 3 rings (SSSR count). The molecule has 0 aliphatic heterocycles. The molecule has 3 aromatic rings. The molecule has 0 fully saturated rings. The van der Waals surface area contributed by atoms with Gasteiger partial charge in [-0.25, -0.2) is 9.97 Å². The highest BCUT2D eigenvalue weighted by molar-refractivity contribution is 7.99. The summed E-state index contributed by atoms with van der Waals surface area (Å²) in [5.41, 5.74) is 6.99. The van der Waals surface area contributed by atoms with Gasteiger partial charge in [-0.05, 0) is 18.6 Å². The van der Waals surface area contributed by atoms with Gasteiger partial charge in [0.2, 0.25) is 5.95 Å². The van der Waals surface area contributed by atoms with Crippen molar-refractivity contribution < 1.29 is 23.8 Å². The molecule has 10 nitrogen and oxygen atoms in total. The first-order valence-electron chi connectivity index (χ1n) is 8.87. The molecular weight excluding hydrogens is 417 g/mol. The Balaban J connectivity index is 1.81. The first kappa shape index (κ1) is 21.5. The standard InChI is InChI=1S/C17H22N5O5PS/c1-2-8-27-12-5-3-4-6-13(12)29-16-14-15(20-17(18)21-16)22(10-19-14)7-9-26-11-28(23,24)25/h3-6,10H,2,7-9,11H2,1H3,(H2,18,20,21)(H2,23,24,25). The normalized spacial score (nSPS) is 11.8. The summed E-state index contributed by atoms with van der Waals surface area (Å²) < 4.78 is 23.4. The van der Waals surface area contributed by atoms with Gasteiger partial charge in [0.1, 0.15) is 22.6 Å². The number of nitrogens with two attached hydrogens (primary N) is 1. The number of para-hydroxylation sites is 1. The number of anilines is 1. The van der Waals surface area contributed by atoms with Crippen LogP contribution in [0, 0.1) is 0 Å². The van der Waals surface area contributed by atoms with Gasteiger partial charge in [0.05, 0.1) is 24.4 Å². The fourth-order valence-corrected chi connectivity index (χ4v) is 3.81. The van der Waals surface area contributed by atoms with Crippen LogP contribution in [-0.4, -0.2) is 48.9 Å². The summed E-state index contributed by atoms with van der Waals surface area (Å²) in [4.78, 5) is 31.6. The van der Waals surface area contributed by atoms with Gasteiger partial charge < -0.3 is 29.6 Å². The quantitative estimate of drug-likeness (QED) is 0.245. The molecule has 156 valence electrons. The summed E-state index contributed by atoms with van der Waals surface area (Å²) in [7, 11) is -4.20. The minimum atomic E-state index is -4.20. The molecule has 12 heteroatoms. The average molecular weight is 439 g/mol. The third kappa shape index (κ3) is 5.91. The highest BCUT2D eigenvalue weighted by Gasteiger charge is 2.16. The summed E-state index contributed by atoms with van der Waals surface area (Å²) in [6.07, 6.45) is 1.84. The van der Waals surface area contributed by atoms with Crippen LogP contribution in [0.25, 0.3) is 11.2 Å². The van der Waals surface area contributed by atoms with Gasteiger partial charge >= 0.3 is 7.60 Å². The third-order valence-corrected chi connectivity index (χ3v) is 5.26. The van der Waals surface area contributed by atoms with Gasteiger partial charge in [-0.2, -0.15) is 4.98 Å². The topological polar surface area (TPSA) is 146 Å². The molecule has 0 atom stereocenters. The maximum absolute atomic E-state index is 10.9. The average Bonchev–Trinajstić information content (AvgIpc) is 3.06. The van der Waals surface area contributed by atoms with Gasteiger partial charge in [0, 0.05) is 6.54 Å². The molecule has 0 aliphatic rings. The van der Waals surface area contributed by atoms with Crippen molar-refractivity contribution >= 4 is 36.5 Å². The number of ether oxygens (including phenoxy) is 2. The van der Waals surface area contributed by atoms with Gasteiger partial charge in [0.25, 0.3) is 0 Å². The van der Waals surface area contributed by atoms with Crippen LogP contribution < -0.4 is 10.5 Å². The van der Waals surface area contributed by atoms with E-state index in [0.29, 0.717) is 29.3 Å². The van der Waals surface area contributed by atoms with E-state index in [1.807, 2.05) is 31.2 Å². The predicted octanol–water partition coefficient (Wildman–Crippen LogP) is 2.50. The molecule has 0 radical (unpaired) electrons. The number of benzene rings is 1. The van der Waals surface area contributed by atoms with E-state index in [2.05, 4.69) is 15.0 Å². The molecule has 29 heavy (non-hydrogen) atoms. The van der Waals surface area contributed by atoms with Crippen molar-refractivity contribution in [1.82, 2.24) is 19.5 Å². The molecule has 2 aromatic heterocycles. The summed E-state index contributed by atoms with van der Waals surface area (Å²) in [6.45, 7) is 3.06. The predicted molar refractivity (Wildman–Crippen MR) is 109 cm³/mol. The van der Waals surface area contributed by atoms with Crippen molar-refractivity contribution in [3.8, 4) is 5.75 Å². The van der Waals surface area contributed by atoms with E-state index in [-0.39, 0.29) is 12.6 Å². The highest BCUT2D eigenvalue weighted by atomic mass is 32.2. The van der Waals surface area contributed by atoms with E-state index in [9.17, 15) is 4.57 Å². The Labute approximate surface area is 171 Å². The number of hydrogen-bond acceptors (Lipinski definition) is 8. The van der Waals surface area contributed by atoms with Crippen molar-refractivity contribution in [3.05, 3.63) is 30.6 Å². The van der Waals surface area contributed by atoms with Crippen molar-refractivity contribution in [2.45, 2.75) is 29.8 Å². The Morgan fingerprint density at radius 2 is 2.03 bits per heavy atom. The maximum Gasteiger partial charge on any atom is 0.350 e. The summed E-state index contributed by atoms with van der Waals surface area (Å²) >= 11 is 1.39. The van der Waals surface area contributed by atoms with Crippen LogP contribution in [0.3, 0.4) is 0 Å². The Kier molecular flexibility index (Phi) is 7.09.